The zero-order valence-electron chi connectivity index (χ0n) is 19.3. The highest BCUT2D eigenvalue weighted by Crippen LogP contribution is 2.66. The lowest BCUT2D eigenvalue weighted by atomic mass is 9.94. The van der Waals surface area contributed by atoms with Crippen LogP contribution in [0.1, 0.15) is 44.6 Å². The molecule has 3 aliphatic rings. The van der Waals surface area contributed by atoms with E-state index in [2.05, 4.69) is 4.98 Å². The van der Waals surface area contributed by atoms with Gasteiger partial charge in [-0.2, -0.15) is 0 Å². The van der Waals surface area contributed by atoms with Gasteiger partial charge in [0.15, 0.2) is 12.3 Å². The Hall–Kier alpha value is -2.31. The SMILES string of the molecule is CC(=O)O[C@H]1[C@@](C)(O)[C@H](n2ccc(=O)[nH]c2=O)O[C@]12CC2OP1(=O)OCC[C@@H](c2cccc(Cl)c2)O1. The van der Waals surface area contributed by atoms with Gasteiger partial charge in [-0.1, -0.05) is 23.7 Å². The van der Waals surface area contributed by atoms with Crippen molar-refractivity contribution in [2.75, 3.05) is 6.61 Å². The van der Waals surface area contributed by atoms with Gasteiger partial charge in [0.05, 0.1) is 12.7 Å². The van der Waals surface area contributed by atoms with Crippen LogP contribution in [0, 0.1) is 0 Å². The minimum atomic E-state index is -4.09. The predicted molar refractivity (Wildman–Crippen MR) is 123 cm³/mol. The van der Waals surface area contributed by atoms with Crippen LogP contribution in [0.4, 0.5) is 0 Å². The Balaban J connectivity index is 1.41. The van der Waals surface area contributed by atoms with Crippen molar-refractivity contribution in [1.29, 1.82) is 0 Å². The Kier molecular flexibility index (Phi) is 6.27. The summed E-state index contributed by atoms with van der Waals surface area (Å²) in [7, 11) is -4.09. The van der Waals surface area contributed by atoms with Crippen molar-refractivity contribution >= 4 is 25.4 Å². The molecule has 7 atom stereocenters. The number of rotatable bonds is 5. The standard InChI is InChI=1S/C22H24ClN2O10P/c1-12(26)32-18-21(2,29)19(25-8-6-17(27)24-20(25)28)33-22(18)11-16(22)35-36(30)31-9-7-15(34-36)13-4-3-5-14(23)10-13/h3-6,8,10,15-16,18-19,29H,7,9,11H2,1-2H3,(H,24,27,28)/t15-,16?,18-,19+,21+,22-,36?/m0/s1. The molecule has 2 aromatic rings. The molecule has 2 saturated heterocycles. The summed E-state index contributed by atoms with van der Waals surface area (Å²) in [4.78, 5) is 37.9. The minimum Gasteiger partial charge on any atom is -0.456 e. The molecule has 1 aromatic heterocycles. The van der Waals surface area contributed by atoms with E-state index in [1.807, 2.05) is 0 Å². The van der Waals surface area contributed by atoms with Crippen LogP contribution < -0.4 is 11.2 Å². The number of phosphoric acid groups is 1. The van der Waals surface area contributed by atoms with Crippen molar-refractivity contribution in [1.82, 2.24) is 9.55 Å². The molecule has 3 fully saturated rings. The van der Waals surface area contributed by atoms with Crippen LogP contribution >= 0.6 is 19.4 Å². The number of hydrogen-bond acceptors (Lipinski definition) is 10. The lowest BCUT2D eigenvalue weighted by Crippen LogP contribution is -2.49. The van der Waals surface area contributed by atoms with Crippen molar-refractivity contribution in [3.8, 4) is 0 Å². The molecule has 0 bridgehead atoms. The number of nitrogens with one attached hydrogen (secondary N) is 1. The van der Waals surface area contributed by atoms with Crippen LogP contribution in [0.15, 0.2) is 46.1 Å². The maximum atomic E-state index is 13.4. The van der Waals surface area contributed by atoms with Crippen molar-refractivity contribution in [3.63, 3.8) is 0 Å². The van der Waals surface area contributed by atoms with E-state index in [-0.39, 0.29) is 13.0 Å². The van der Waals surface area contributed by atoms with Crippen molar-refractivity contribution in [2.45, 2.75) is 62.4 Å². The van der Waals surface area contributed by atoms with E-state index in [0.717, 1.165) is 23.8 Å². The predicted octanol–water partition coefficient (Wildman–Crippen LogP) is 2.22. The van der Waals surface area contributed by atoms with Gasteiger partial charge in [-0.15, -0.1) is 0 Å². The Bertz CT molecular complexity index is 1360. The van der Waals surface area contributed by atoms with Crippen LogP contribution in [-0.2, 0) is 32.4 Å². The first kappa shape index (κ1) is 25.3. The molecule has 1 saturated carbocycles. The molecular weight excluding hydrogens is 519 g/mol. The number of benzene rings is 1. The molecule has 1 aromatic carbocycles. The summed E-state index contributed by atoms with van der Waals surface area (Å²) in [6.45, 7) is 2.58. The first-order valence-electron chi connectivity index (χ1n) is 11.2. The molecule has 0 amide bonds. The first-order valence-corrected chi connectivity index (χ1v) is 13.0. The number of phosphoric ester groups is 1. The maximum absolute atomic E-state index is 13.4. The average molecular weight is 543 g/mol. The van der Waals surface area contributed by atoms with Crippen LogP contribution in [-0.4, -0.2) is 50.6 Å². The van der Waals surface area contributed by atoms with Gasteiger partial charge in [-0.25, -0.2) is 9.36 Å². The Labute approximate surface area is 209 Å². The van der Waals surface area contributed by atoms with Gasteiger partial charge in [0.25, 0.3) is 5.56 Å². The van der Waals surface area contributed by atoms with E-state index in [1.165, 1.54) is 6.92 Å². The average Bonchev–Trinajstić information content (AvgIpc) is 3.42. The van der Waals surface area contributed by atoms with E-state index in [9.17, 15) is 24.1 Å². The quantitative estimate of drug-likeness (QED) is 0.424. The Morgan fingerprint density at radius 2 is 2.11 bits per heavy atom. The van der Waals surface area contributed by atoms with Crippen LogP contribution in [0.5, 0.6) is 0 Å². The normalized spacial score (nSPS) is 37.7. The molecule has 5 rings (SSSR count). The number of esters is 1. The van der Waals surface area contributed by atoms with E-state index >= 15 is 0 Å². The number of H-pyrrole nitrogens is 1. The first-order chi connectivity index (χ1) is 16.9. The van der Waals surface area contributed by atoms with Crippen molar-refractivity contribution < 1.29 is 37.5 Å². The van der Waals surface area contributed by atoms with Gasteiger partial charge in [0.2, 0.25) is 0 Å². The molecular formula is C22H24ClN2O10P. The number of ether oxygens (including phenoxy) is 2. The summed E-state index contributed by atoms with van der Waals surface area (Å²) in [5.41, 5.74) is -4.12. The Morgan fingerprint density at radius 3 is 2.81 bits per heavy atom. The second-order valence-corrected chi connectivity index (χ2v) is 11.2. The fourth-order valence-corrected chi connectivity index (χ4v) is 6.56. The van der Waals surface area contributed by atoms with Crippen molar-refractivity contribution in [2.24, 2.45) is 0 Å². The summed E-state index contributed by atoms with van der Waals surface area (Å²) in [5, 5.41) is 11.8. The van der Waals surface area contributed by atoms with E-state index < -0.39 is 60.8 Å². The zero-order valence-corrected chi connectivity index (χ0v) is 20.9. The summed E-state index contributed by atoms with van der Waals surface area (Å²) in [6, 6.07) is 8.02. The molecule has 0 radical (unpaired) electrons. The second kappa shape index (κ2) is 8.91. The molecule has 12 nitrogen and oxygen atoms in total. The highest BCUT2D eigenvalue weighted by molar-refractivity contribution is 7.48. The smallest absolute Gasteiger partial charge is 0.456 e. The lowest BCUT2D eigenvalue weighted by Gasteiger charge is -2.31. The third kappa shape index (κ3) is 4.47. The van der Waals surface area contributed by atoms with Gasteiger partial charge < -0.3 is 14.6 Å². The topological polar surface area (TPSA) is 155 Å². The number of aromatic amines is 1. The summed E-state index contributed by atoms with van der Waals surface area (Å²) in [5.74, 6) is -0.707. The van der Waals surface area contributed by atoms with Gasteiger partial charge in [0, 0.05) is 37.1 Å². The van der Waals surface area contributed by atoms with Crippen molar-refractivity contribution in [3.05, 3.63) is 68.0 Å². The highest BCUT2D eigenvalue weighted by Gasteiger charge is 2.77. The van der Waals surface area contributed by atoms with E-state index in [0.29, 0.717) is 17.0 Å². The summed E-state index contributed by atoms with van der Waals surface area (Å²) >= 11 is 6.07. The number of hydrogen-bond donors (Lipinski definition) is 2. The second-order valence-electron chi connectivity index (χ2n) is 9.17. The third-order valence-electron chi connectivity index (χ3n) is 6.45. The van der Waals surface area contributed by atoms with E-state index in [1.54, 1.807) is 24.3 Å². The molecule has 194 valence electrons. The maximum Gasteiger partial charge on any atom is 0.475 e. The Morgan fingerprint density at radius 1 is 1.33 bits per heavy atom. The zero-order chi connectivity index (χ0) is 25.9. The molecule has 3 heterocycles. The number of carbonyl (C=O) groups is 1. The molecule has 2 aliphatic heterocycles. The minimum absolute atomic E-state index is 0.0637. The molecule has 2 unspecified atom stereocenters. The lowest BCUT2D eigenvalue weighted by molar-refractivity contribution is -0.162. The van der Waals surface area contributed by atoms with Crippen LogP contribution in [0.3, 0.4) is 0 Å². The number of nitrogens with zero attached hydrogens (tertiary/aromatic N) is 1. The van der Waals surface area contributed by atoms with Gasteiger partial charge in [-0.05, 0) is 24.6 Å². The highest BCUT2D eigenvalue weighted by atomic mass is 35.5. The van der Waals surface area contributed by atoms with Crippen LogP contribution in [0.25, 0.3) is 0 Å². The van der Waals surface area contributed by atoms with Crippen LogP contribution in [0.2, 0.25) is 5.02 Å². The fraction of sp³-hybridized carbons (Fsp3) is 0.500. The van der Waals surface area contributed by atoms with Gasteiger partial charge in [-0.3, -0.25) is 32.7 Å². The monoisotopic (exact) mass is 542 g/mol. The summed E-state index contributed by atoms with van der Waals surface area (Å²) in [6.07, 6.45) is -2.56. The molecule has 1 aliphatic carbocycles. The third-order valence-corrected chi connectivity index (χ3v) is 8.20. The summed E-state index contributed by atoms with van der Waals surface area (Å²) < 4.78 is 42.7. The molecule has 36 heavy (non-hydrogen) atoms. The van der Waals surface area contributed by atoms with E-state index in [4.69, 9.17) is 34.6 Å². The number of carbonyl (C=O) groups excluding carboxylic acids is 1. The molecule has 2 N–H and O–H groups in total. The van der Waals surface area contributed by atoms with Gasteiger partial charge >= 0.3 is 19.5 Å². The molecule has 14 heteroatoms. The number of aromatic nitrogens is 2. The number of halogens is 1. The largest absolute Gasteiger partial charge is 0.475 e. The number of aliphatic hydroxyl groups is 1. The molecule has 1 spiro atoms. The fourth-order valence-electron chi connectivity index (χ4n) is 4.76. The van der Waals surface area contributed by atoms with Gasteiger partial charge in [0.1, 0.15) is 17.3 Å².